The summed E-state index contributed by atoms with van der Waals surface area (Å²) >= 11 is 0. The highest BCUT2D eigenvalue weighted by molar-refractivity contribution is 7.45. The van der Waals surface area contributed by atoms with Crippen molar-refractivity contribution < 1.29 is 33.1 Å². The first kappa shape index (κ1) is 17.2. The van der Waals surface area contributed by atoms with Gasteiger partial charge in [-0.3, -0.25) is 4.57 Å². The van der Waals surface area contributed by atoms with Crippen LogP contribution in [0.2, 0.25) is 0 Å². The summed E-state index contributed by atoms with van der Waals surface area (Å²) in [6.45, 7) is 6.46. The van der Waals surface area contributed by atoms with Crippen molar-refractivity contribution in [2.24, 2.45) is 0 Å². The number of phosphoric ester groups is 1. The lowest BCUT2D eigenvalue weighted by Gasteiger charge is -2.22. The summed E-state index contributed by atoms with van der Waals surface area (Å²) in [5.74, 6) is -0.376. The average Bonchev–Trinajstić information content (AvgIpc) is 2.37. The molecule has 1 aromatic carbocycles. The predicted octanol–water partition coefficient (Wildman–Crippen LogP) is 1.71. The van der Waals surface area contributed by atoms with Gasteiger partial charge in [-0.25, -0.2) is 4.79 Å². The number of phosphoric acid groups is 1. The topological polar surface area (TPSA) is 105 Å². The lowest BCUT2D eigenvalue weighted by atomic mass is 10.1. The second-order valence-electron chi connectivity index (χ2n) is 4.29. The fourth-order valence-corrected chi connectivity index (χ4v) is 1.92. The molecule has 0 amide bonds. The fourth-order valence-electron chi connectivity index (χ4n) is 1.50. The van der Waals surface area contributed by atoms with Gasteiger partial charge in [0.05, 0.1) is 7.11 Å². The van der Waals surface area contributed by atoms with E-state index in [9.17, 15) is 14.3 Å². The smallest absolute Gasteiger partial charge is 0.333 e. The van der Waals surface area contributed by atoms with Crippen molar-refractivity contribution in [3.63, 3.8) is 0 Å². The number of carbonyl (C=O) groups is 1. The van der Waals surface area contributed by atoms with Crippen LogP contribution in [0.15, 0.2) is 30.4 Å². The van der Waals surface area contributed by atoms with E-state index in [0.29, 0.717) is 5.75 Å². The van der Waals surface area contributed by atoms with Crippen molar-refractivity contribution >= 4 is 13.8 Å². The van der Waals surface area contributed by atoms with Crippen molar-refractivity contribution in [2.75, 3.05) is 7.11 Å². The SMILES string of the molecule is C=C(C)C(=O)OC(C)c1cc(OC)ccc1OP(=O)([O-])O. The minimum absolute atomic E-state index is 0.154. The molecule has 0 aliphatic carbocycles. The average molecular weight is 315 g/mol. The van der Waals surface area contributed by atoms with Crippen molar-refractivity contribution in [3.05, 3.63) is 35.9 Å². The summed E-state index contributed by atoms with van der Waals surface area (Å²) in [5.41, 5.74) is 0.429. The Bertz CT molecular complexity index is 590. The van der Waals surface area contributed by atoms with Crippen molar-refractivity contribution in [2.45, 2.75) is 20.0 Å². The Morgan fingerprint density at radius 2 is 2.10 bits per heavy atom. The van der Waals surface area contributed by atoms with Crippen molar-refractivity contribution in [1.29, 1.82) is 0 Å². The summed E-state index contributed by atoms with van der Waals surface area (Å²) in [7, 11) is -3.55. The van der Waals surface area contributed by atoms with Crippen LogP contribution in [0.4, 0.5) is 0 Å². The Morgan fingerprint density at radius 1 is 1.48 bits per heavy atom. The zero-order valence-corrected chi connectivity index (χ0v) is 12.8. The Morgan fingerprint density at radius 3 is 2.57 bits per heavy atom. The van der Waals surface area contributed by atoms with Crippen LogP contribution < -0.4 is 14.2 Å². The summed E-state index contributed by atoms with van der Waals surface area (Å²) in [6.07, 6.45) is -0.828. The molecule has 2 atom stereocenters. The van der Waals surface area contributed by atoms with E-state index in [2.05, 4.69) is 11.1 Å². The molecule has 0 radical (unpaired) electrons. The number of esters is 1. The molecule has 0 aromatic heterocycles. The van der Waals surface area contributed by atoms with Crippen molar-refractivity contribution in [3.8, 4) is 11.5 Å². The third kappa shape index (κ3) is 5.23. The number of benzene rings is 1. The van der Waals surface area contributed by atoms with Crippen LogP contribution in [0.1, 0.15) is 25.5 Å². The largest absolute Gasteiger partial charge is 0.746 e. The third-order valence-corrected chi connectivity index (χ3v) is 2.93. The molecule has 0 saturated heterocycles. The van der Waals surface area contributed by atoms with Crippen molar-refractivity contribution in [1.82, 2.24) is 0 Å². The Balaban J connectivity index is 3.14. The monoisotopic (exact) mass is 315 g/mol. The van der Waals surface area contributed by atoms with E-state index < -0.39 is 19.9 Å². The molecule has 116 valence electrons. The maximum Gasteiger partial charge on any atom is 0.333 e. The van der Waals surface area contributed by atoms with E-state index in [1.165, 1.54) is 39.2 Å². The van der Waals surface area contributed by atoms with Gasteiger partial charge in [0.2, 0.25) is 0 Å². The van der Waals surface area contributed by atoms with Crippen LogP contribution in [-0.4, -0.2) is 18.0 Å². The second-order valence-corrected chi connectivity index (χ2v) is 5.41. The van der Waals surface area contributed by atoms with Gasteiger partial charge in [-0.1, -0.05) is 6.58 Å². The molecule has 2 unspecified atom stereocenters. The summed E-state index contributed by atoms with van der Waals surface area (Å²) < 4.78 is 25.5. The van der Waals surface area contributed by atoms with Crippen LogP contribution in [0.25, 0.3) is 0 Å². The number of ether oxygens (including phenoxy) is 2. The zero-order chi connectivity index (χ0) is 16.2. The summed E-state index contributed by atoms with van der Waals surface area (Å²) in [6, 6.07) is 4.18. The minimum atomic E-state index is -4.98. The molecule has 0 aliphatic heterocycles. The number of methoxy groups -OCH3 is 1. The van der Waals surface area contributed by atoms with Gasteiger partial charge in [-0.2, -0.15) is 0 Å². The van der Waals surface area contributed by atoms with Gasteiger partial charge in [-0.05, 0) is 32.0 Å². The Labute approximate surface area is 122 Å². The molecule has 0 aliphatic rings. The van der Waals surface area contributed by atoms with Gasteiger partial charge in [0.25, 0.3) is 0 Å². The highest BCUT2D eigenvalue weighted by Crippen LogP contribution is 2.39. The molecule has 21 heavy (non-hydrogen) atoms. The van der Waals surface area contributed by atoms with Gasteiger partial charge < -0.3 is 23.8 Å². The highest BCUT2D eigenvalue weighted by Gasteiger charge is 2.19. The Kier molecular flexibility index (Phi) is 5.54. The second kappa shape index (κ2) is 6.76. The predicted molar refractivity (Wildman–Crippen MR) is 72.8 cm³/mol. The first-order valence-electron chi connectivity index (χ1n) is 5.92. The summed E-state index contributed by atoms with van der Waals surface area (Å²) in [5, 5.41) is 0. The number of carbonyl (C=O) groups excluding carboxylic acids is 1. The molecule has 1 N–H and O–H groups in total. The highest BCUT2D eigenvalue weighted by atomic mass is 31.2. The van der Waals surface area contributed by atoms with E-state index in [1.807, 2.05) is 0 Å². The van der Waals surface area contributed by atoms with Crippen LogP contribution >= 0.6 is 7.82 Å². The van der Waals surface area contributed by atoms with Gasteiger partial charge in [-0.15, -0.1) is 0 Å². The van der Waals surface area contributed by atoms with E-state index in [4.69, 9.17) is 14.4 Å². The van der Waals surface area contributed by atoms with Crippen LogP contribution in [0, 0.1) is 0 Å². The summed E-state index contributed by atoms with van der Waals surface area (Å²) in [4.78, 5) is 31.2. The van der Waals surface area contributed by atoms with E-state index in [-0.39, 0.29) is 16.9 Å². The standard InChI is InChI=1S/C13H17O7P/c1-8(2)13(14)19-9(3)11-7-10(18-4)5-6-12(11)20-21(15,16)17/h5-7,9H,1H2,2-4H3,(H2,15,16,17)/p-1. The molecule has 0 spiro atoms. The van der Waals surface area contributed by atoms with Gasteiger partial charge in [0.15, 0.2) is 0 Å². The molecule has 0 heterocycles. The van der Waals surface area contributed by atoms with Crippen LogP contribution in [0.3, 0.4) is 0 Å². The molecule has 8 heteroatoms. The van der Waals surface area contributed by atoms with E-state index in [0.717, 1.165) is 0 Å². The molecule has 0 fully saturated rings. The van der Waals surface area contributed by atoms with Gasteiger partial charge >= 0.3 is 13.8 Å². The number of hydrogen-bond acceptors (Lipinski definition) is 6. The first-order valence-corrected chi connectivity index (χ1v) is 7.41. The zero-order valence-electron chi connectivity index (χ0n) is 11.9. The molecule has 0 saturated carbocycles. The van der Waals surface area contributed by atoms with Crippen LogP contribution in [0.5, 0.6) is 11.5 Å². The molecular weight excluding hydrogens is 299 g/mol. The number of rotatable bonds is 6. The van der Waals surface area contributed by atoms with E-state index >= 15 is 0 Å². The lowest BCUT2D eigenvalue weighted by molar-refractivity contribution is -0.211. The maximum absolute atomic E-state index is 11.5. The van der Waals surface area contributed by atoms with Gasteiger partial charge in [0.1, 0.15) is 17.6 Å². The van der Waals surface area contributed by atoms with E-state index in [1.54, 1.807) is 0 Å². The molecule has 1 aromatic rings. The molecule has 0 bridgehead atoms. The maximum atomic E-state index is 11.5. The molecule has 1 rings (SSSR count). The number of hydrogen-bond donors (Lipinski definition) is 1. The fraction of sp³-hybridized carbons (Fsp3) is 0.308. The first-order chi connectivity index (χ1) is 9.64. The molecule has 7 nitrogen and oxygen atoms in total. The normalized spacial score (nSPS) is 14.7. The lowest BCUT2D eigenvalue weighted by Crippen LogP contribution is -2.12. The van der Waals surface area contributed by atoms with Gasteiger partial charge in [0, 0.05) is 11.1 Å². The molecular formula is C13H16O7P-. The van der Waals surface area contributed by atoms with Crippen LogP contribution in [-0.2, 0) is 14.1 Å². The Hall–Kier alpha value is -1.82. The minimum Gasteiger partial charge on any atom is -0.746 e. The quantitative estimate of drug-likeness (QED) is 0.484. The third-order valence-electron chi connectivity index (χ3n) is 2.50.